The fourth-order valence-corrected chi connectivity index (χ4v) is 2.25. The Morgan fingerprint density at radius 1 is 1.71 bits per heavy atom. The van der Waals surface area contributed by atoms with Gasteiger partial charge in [-0.25, -0.2) is 0 Å². The van der Waals surface area contributed by atoms with Crippen LogP contribution in [0.1, 0.15) is 12.8 Å². The summed E-state index contributed by atoms with van der Waals surface area (Å²) in [4.78, 5) is 9.77. The molecule has 0 saturated carbocycles. The van der Waals surface area contributed by atoms with Crippen LogP contribution in [0, 0.1) is 5.41 Å². The van der Waals surface area contributed by atoms with Crippen LogP contribution in [0.4, 0.5) is 0 Å². The molecular weight excluding hydrogens is 260 g/mol. The van der Waals surface area contributed by atoms with Gasteiger partial charge in [0.2, 0.25) is 5.91 Å². The number of carbonyl (C=O) groups excluding carboxylic acids is 1. The molecule has 0 aromatic carbocycles. The number of nitrogens with two attached hydrogens (primary N) is 1. The highest BCUT2D eigenvalue weighted by Crippen LogP contribution is 2.23. The quantitative estimate of drug-likeness (QED) is 0.578. The van der Waals surface area contributed by atoms with Crippen LogP contribution >= 0.6 is 49.4 Å². The Morgan fingerprint density at radius 2 is 2.29 bits per heavy atom. The lowest BCUT2D eigenvalue weighted by atomic mass is 10.4. The van der Waals surface area contributed by atoms with Crippen molar-refractivity contribution in [2.75, 3.05) is 11.5 Å². The van der Waals surface area contributed by atoms with Crippen LogP contribution in [0.15, 0.2) is 0 Å². The Kier molecular flexibility index (Phi) is 12.1. The number of primary amides is 1. The van der Waals surface area contributed by atoms with Gasteiger partial charge in [0, 0.05) is 12.2 Å². The SMILES string of the molecule is Cl.N=C1SCCC1S.NC(=O)CCS. The van der Waals surface area contributed by atoms with Crippen LogP contribution in [0.25, 0.3) is 0 Å². The lowest BCUT2D eigenvalue weighted by Crippen LogP contribution is -2.09. The molecule has 1 aliphatic heterocycles. The van der Waals surface area contributed by atoms with Gasteiger partial charge in [-0.05, 0) is 12.2 Å². The molecule has 7 heteroatoms. The van der Waals surface area contributed by atoms with Gasteiger partial charge in [0.25, 0.3) is 0 Å². The van der Waals surface area contributed by atoms with Crippen molar-refractivity contribution >= 4 is 60.4 Å². The smallest absolute Gasteiger partial charge is 0.218 e. The Morgan fingerprint density at radius 3 is 2.36 bits per heavy atom. The van der Waals surface area contributed by atoms with Gasteiger partial charge in [-0.2, -0.15) is 25.3 Å². The van der Waals surface area contributed by atoms with E-state index >= 15 is 0 Å². The van der Waals surface area contributed by atoms with Crippen molar-refractivity contribution in [3.63, 3.8) is 0 Å². The van der Waals surface area contributed by atoms with E-state index in [9.17, 15) is 4.79 Å². The second kappa shape index (κ2) is 10.0. The summed E-state index contributed by atoms with van der Waals surface area (Å²) in [5.74, 6) is 1.35. The Labute approximate surface area is 106 Å². The Bertz CT molecular complexity index is 192. The van der Waals surface area contributed by atoms with E-state index in [0.717, 1.165) is 17.2 Å². The van der Waals surface area contributed by atoms with E-state index in [0.29, 0.717) is 12.2 Å². The Hall–Kier alpha value is 0.480. The number of thiol groups is 2. The normalized spacial score (nSPS) is 19.3. The molecule has 1 heterocycles. The summed E-state index contributed by atoms with van der Waals surface area (Å²) < 4.78 is 0. The zero-order chi connectivity index (χ0) is 10.3. The van der Waals surface area contributed by atoms with Crippen molar-refractivity contribution in [2.45, 2.75) is 18.1 Å². The molecule has 1 unspecified atom stereocenters. The average Bonchev–Trinajstić information content (AvgIpc) is 2.37. The standard InChI is InChI=1S/C4H7NS2.C3H7NOS.ClH/c5-4-3(6)1-2-7-4;4-3(5)1-2-6;/h3,5-6H,1-2H2;6H,1-2H2,(H2,4,5);1H. The second-order valence-corrected chi connectivity index (χ2v) is 4.66. The van der Waals surface area contributed by atoms with Crippen molar-refractivity contribution in [3.8, 4) is 0 Å². The van der Waals surface area contributed by atoms with Gasteiger partial charge in [-0.15, -0.1) is 24.2 Å². The molecule has 1 fully saturated rings. The van der Waals surface area contributed by atoms with Crippen LogP contribution < -0.4 is 5.73 Å². The molecule has 0 radical (unpaired) electrons. The van der Waals surface area contributed by atoms with E-state index in [1.807, 2.05) is 0 Å². The maximum atomic E-state index is 9.77. The van der Waals surface area contributed by atoms with E-state index < -0.39 is 0 Å². The van der Waals surface area contributed by atoms with Gasteiger partial charge in [0.1, 0.15) is 0 Å². The third-order valence-electron chi connectivity index (χ3n) is 1.31. The third-order valence-corrected chi connectivity index (χ3v) is 3.26. The molecule has 1 amide bonds. The molecular formula is C7H15ClN2OS3. The number of carbonyl (C=O) groups is 1. The fraction of sp³-hybridized carbons (Fsp3) is 0.714. The van der Waals surface area contributed by atoms with Crippen LogP contribution in [0.2, 0.25) is 0 Å². The van der Waals surface area contributed by atoms with Crippen molar-refractivity contribution in [2.24, 2.45) is 5.73 Å². The van der Waals surface area contributed by atoms with E-state index in [-0.39, 0.29) is 23.6 Å². The van der Waals surface area contributed by atoms with Crippen molar-refractivity contribution in [1.29, 1.82) is 5.41 Å². The summed E-state index contributed by atoms with van der Waals surface area (Å²) in [6.45, 7) is 0. The van der Waals surface area contributed by atoms with Crippen LogP contribution in [-0.4, -0.2) is 27.7 Å². The van der Waals surface area contributed by atoms with Gasteiger partial charge < -0.3 is 5.73 Å². The lowest BCUT2D eigenvalue weighted by molar-refractivity contribution is -0.117. The molecule has 0 aromatic rings. The molecule has 84 valence electrons. The molecule has 1 rings (SSSR count). The highest BCUT2D eigenvalue weighted by molar-refractivity contribution is 8.15. The minimum absolute atomic E-state index is 0. The Balaban J connectivity index is 0. The molecule has 0 aliphatic carbocycles. The largest absolute Gasteiger partial charge is 0.370 e. The first kappa shape index (κ1) is 16.9. The van der Waals surface area contributed by atoms with Crippen molar-refractivity contribution in [3.05, 3.63) is 0 Å². The minimum Gasteiger partial charge on any atom is -0.370 e. The molecule has 3 nitrogen and oxygen atoms in total. The fourth-order valence-electron chi connectivity index (χ4n) is 0.618. The number of rotatable bonds is 2. The zero-order valence-electron chi connectivity index (χ0n) is 7.60. The predicted molar refractivity (Wildman–Crippen MR) is 72.5 cm³/mol. The zero-order valence-corrected chi connectivity index (χ0v) is 11.0. The first-order valence-corrected chi connectivity index (χ1v) is 5.99. The molecule has 0 bridgehead atoms. The van der Waals surface area contributed by atoms with E-state index in [1.54, 1.807) is 11.8 Å². The highest BCUT2D eigenvalue weighted by atomic mass is 35.5. The lowest BCUT2D eigenvalue weighted by Gasteiger charge is -1.92. The van der Waals surface area contributed by atoms with Crippen molar-refractivity contribution in [1.82, 2.24) is 0 Å². The van der Waals surface area contributed by atoms with E-state index in [2.05, 4.69) is 25.3 Å². The molecule has 1 saturated heterocycles. The van der Waals surface area contributed by atoms with E-state index in [4.69, 9.17) is 11.1 Å². The number of halogens is 1. The maximum Gasteiger partial charge on any atom is 0.218 e. The van der Waals surface area contributed by atoms with E-state index in [1.165, 1.54) is 0 Å². The van der Waals surface area contributed by atoms with Gasteiger partial charge >= 0.3 is 0 Å². The second-order valence-electron chi connectivity index (χ2n) is 2.46. The molecule has 0 spiro atoms. The predicted octanol–water partition coefficient (Wildman–Crippen LogP) is 1.61. The summed E-state index contributed by atoms with van der Waals surface area (Å²) in [6, 6.07) is 0. The number of nitrogens with one attached hydrogen (secondary N) is 1. The molecule has 1 aliphatic rings. The first-order chi connectivity index (χ1) is 6.07. The number of hydrogen-bond donors (Lipinski definition) is 4. The monoisotopic (exact) mass is 274 g/mol. The van der Waals surface area contributed by atoms with Gasteiger partial charge in [-0.1, -0.05) is 0 Å². The molecule has 0 aromatic heterocycles. The van der Waals surface area contributed by atoms with Gasteiger partial charge in [0.15, 0.2) is 0 Å². The van der Waals surface area contributed by atoms with Gasteiger partial charge in [-0.3, -0.25) is 10.2 Å². The summed E-state index contributed by atoms with van der Waals surface area (Å²) in [6.07, 6.45) is 1.45. The molecule has 1 atom stereocenters. The third kappa shape index (κ3) is 9.05. The summed E-state index contributed by atoms with van der Waals surface area (Å²) >= 11 is 9.51. The first-order valence-electron chi connectivity index (χ1n) is 3.86. The summed E-state index contributed by atoms with van der Waals surface area (Å²) in [5, 5.41) is 8.14. The number of amides is 1. The minimum atomic E-state index is -0.287. The molecule has 14 heavy (non-hydrogen) atoms. The topological polar surface area (TPSA) is 66.9 Å². The van der Waals surface area contributed by atoms with Crippen molar-refractivity contribution < 1.29 is 4.79 Å². The maximum absolute atomic E-state index is 9.77. The van der Waals surface area contributed by atoms with Crippen LogP contribution in [-0.2, 0) is 4.79 Å². The van der Waals surface area contributed by atoms with Crippen LogP contribution in [0.3, 0.4) is 0 Å². The van der Waals surface area contributed by atoms with Crippen LogP contribution in [0.5, 0.6) is 0 Å². The summed E-state index contributed by atoms with van der Waals surface area (Å²) in [5.41, 5.74) is 4.72. The molecule has 3 N–H and O–H groups in total. The highest BCUT2D eigenvalue weighted by Gasteiger charge is 2.16. The van der Waals surface area contributed by atoms with Gasteiger partial charge in [0.05, 0.1) is 10.3 Å². The number of hydrogen-bond acceptors (Lipinski definition) is 5. The average molecular weight is 275 g/mol. The number of thioether (sulfide) groups is 1. The summed E-state index contributed by atoms with van der Waals surface area (Å²) in [7, 11) is 0.